The number of rotatable bonds is 5. The minimum Gasteiger partial charge on any atom is -0.338 e. The number of benzene rings is 1. The molecule has 0 spiro atoms. The van der Waals surface area contributed by atoms with Crippen molar-refractivity contribution >= 4 is 18.3 Å². The molecule has 1 N–H and O–H groups in total. The number of nitrogens with one attached hydrogen (secondary N) is 1. The highest BCUT2D eigenvalue weighted by Gasteiger charge is 2.47. The van der Waals surface area contributed by atoms with Crippen molar-refractivity contribution in [3.05, 3.63) is 35.4 Å². The van der Waals surface area contributed by atoms with Gasteiger partial charge in [-0.2, -0.15) is 0 Å². The molecule has 3 atom stereocenters. The van der Waals surface area contributed by atoms with Crippen molar-refractivity contribution in [2.45, 2.75) is 38.1 Å². The lowest BCUT2D eigenvalue weighted by Gasteiger charge is -2.28. The van der Waals surface area contributed by atoms with Crippen LogP contribution in [0, 0.1) is 17.6 Å². The molecule has 3 unspecified atom stereocenters. The Hall–Kier alpha value is -1.20. The Kier molecular flexibility index (Phi) is 5.98. The van der Waals surface area contributed by atoms with Crippen molar-refractivity contribution in [1.82, 2.24) is 10.2 Å². The van der Waals surface area contributed by atoms with E-state index in [-0.39, 0.29) is 36.2 Å². The van der Waals surface area contributed by atoms with Gasteiger partial charge in [0, 0.05) is 25.0 Å². The lowest BCUT2D eigenvalue weighted by atomic mass is 10.1. The Labute approximate surface area is 141 Å². The first-order valence-corrected chi connectivity index (χ1v) is 8.08. The zero-order valence-corrected chi connectivity index (χ0v) is 14.0. The third-order valence-electron chi connectivity index (χ3n) is 4.70. The van der Waals surface area contributed by atoms with E-state index in [2.05, 4.69) is 12.2 Å². The maximum absolute atomic E-state index is 13.3. The van der Waals surface area contributed by atoms with Gasteiger partial charge in [-0.15, -0.1) is 12.4 Å². The van der Waals surface area contributed by atoms with Crippen LogP contribution in [0.3, 0.4) is 0 Å². The summed E-state index contributed by atoms with van der Waals surface area (Å²) in [7, 11) is 0. The molecule has 0 radical (unpaired) electrons. The second-order valence-electron chi connectivity index (χ2n) is 6.30. The van der Waals surface area contributed by atoms with Crippen LogP contribution in [0.2, 0.25) is 0 Å². The number of nitrogens with zero attached hydrogens (tertiary/aromatic N) is 1. The van der Waals surface area contributed by atoms with Crippen LogP contribution in [0.25, 0.3) is 0 Å². The van der Waals surface area contributed by atoms with Gasteiger partial charge in [0.15, 0.2) is 11.6 Å². The summed E-state index contributed by atoms with van der Waals surface area (Å²) in [6.07, 6.45) is 2.67. The summed E-state index contributed by atoms with van der Waals surface area (Å²) < 4.78 is 26.4. The molecule has 3 nitrogen and oxygen atoms in total. The first-order valence-electron chi connectivity index (χ1n) is 8.08. The fourth-order valence-electron chi connectivity index (χ4n) is 3.41. The predicted octanol–water partition coefficient (Wildman–Crippen LogP) is 3.09. The Morgan fingerprint density at radius 2 is 2.13 bits per heavy atom. The molecule has 2 aliphatic rings. The van der Waals surface area contributed by atoms with E-state index < -0.39 is 11.6 Å². The molecule has 6 heteroatoms. The molecular weight excluding hydrogens is 322 g/mol. The highest BCUT2D eigenvalue weighted by Crippen LogP contribution is 2.49. The maximum atomic E-state index is 13.3. The smallest absolute Gasteiger partial charge is 0.226 e. The molecule has 1 saturated heterocycles. The normalized spacial score (nSPS) is 25.8. The van der Waals surface area contributed by atoms with E-state index in [1.54, 1.807) is 6.07 Å². The minimum atomic E-state index is -0.836. The van der Waals surface area contributed by atoms with Crippen LogP contribution >= 0.6 is 12.4 Å². The molecule has 128 valence electrons. The molecule has 1 heterocycles. The van der Waals surface area contributed by atoms with Gasteiger partial charge in [-0.05, 0) is 49.4 Å². The number of halogens is 3. The summed E-state index contributed by atoms with van der Waals surface area (Å²) in [5, 5.41) is 3.30. The Bertz CT molecular complexity index is 564. The quantitative estimate of drug-likeness (QED) is 0.890. The van der Waals surface area contributed by atoms with Crippen molar-refractivity contribution in [2.24, 2.45) is 5.92 Å². The van der Waals surface area contributed by atoms with Crippen molar-refractivity contribution in [3.8, 4) is 0 Å². The largest absolute Gasteiger partial charge is 0.338 e. The average molecular weight is 345 g/mol. The lowest BCUT2D eigenvalue weighted by molar-refractivity contribution is -0.134. The maximum Gasteiger partial charge on any atom is 0.226 e. The fraction of sp³-hybridized carbons (Fsp3) is 0.588. The molecule has 1 aromatic rings. The Morgan fingerprint density at radius 3 is 2.74 bits per heavy atom. The molecule has 1 aliphatic carbocycles. The minimum absolute atomic E-state index is 0. The molecule has 3 rings (SSSR count). The Balaban J connectivity index is 0.00000192. The molecule has 2 fully saturated rings. The molecular formula is C17H23ClF2N2O. The van der Waals surface area contributed by atoms with Crippen LogP contribution in [-0.2, 0) is 4.79 Å². The second kappa shape index (κ2) is 7.58. The number of hydrogen-bond donors (Lipinski definition) is 1. The molecule has 0 bridgehead atoms. The van der Waals surface area contributed by atoms with Gasteiger partial charge in [-0.1, -0.05) is 13.0 Å². The fourth-order valence-corrected chi connectivity index (χ4v) is 3.41. The van der Waals surface area contributed by atoms with Crippen LogP contribution in [-0.4, -0.2) is 36.5 Å². The molecule has 1 aromatic carbocycles. The van der Waals surface area contributed by atoms with Crippen LogP contribution in [0.1, 0.15) is 37.7 Å². The topological polar surface area (TPSA) is 32.3 Å². The summed E-state index contributed by atoms with van der Waals surface area (Å²) >= 11 is 0. The second-order valence-corrected chi connectivity index (χ2v) is 6.30. The van der Waals surface area contributed by atoms with Gasteiger partial charge >= 0.3 is 0 Å². The van der Waals surface area contributed by atoms with Crippen LogP contribution in [0.15, 0.2) is 18.2 Å². The molecule has 1 saturated carbocycles. The predicted molar refractivity (Wildman–Crippen MR) is 87.7 cm³/mol. The SMILES string of the molecule is CCCN(C(=O)C1CC1c1ccc(F)c(F)c1)C1CCNC1.Cl. The molecule has 1 amide bonds. The zero-order valence-electron chi connectivity index (χ0n) is 13.2. The van der Waals surface area contributed by atoms with Gasteiger partial charge in [-0.25, -0.2) is 8.78 Å². The van der Waals surface area contributed by atoms with Crippen LogP contribution < -0.4 is 5.32 Å². The highest BCUT2D eigenvalue weighted by molar-refractivity contribution is 5.85. The number of carbonyl (C=O) groups excluding carboxylic acids is 1. The van der Waals surface area contributed by atoms with Gasteiger partial charge in [-0.3, -0.25) is 4.79 Å². The summed E-state index contributed by atoms with van der Waals surface area (Å²) in [6, 6.07) is 4.25. The zero-order chi connectivity index (χ0) is 15.7. The van der Waals surface area contributed by atoms with Crippen molar-refractivity contribution in [2.75, 3.05) is 19.6 Å². The van der Waals surface area contributed by atoms with E-state index >= 15 is 0 Å². The van der Waals surface area contributed by atoms with Gasteiger partial charge in [0.1, 0.15) is 0 Å². The van der Waals surface area contributed by atoms with Crippen molar-refractivity contribution in [3.63, 3.8) is 0 Å². The summed E-state index contributed by atoms with van der Waals surface area (Å²) in [5.41, 5.74) is 0.734. The van der Waals surface area contributed by atoms with Gasteiger partial charge in [0.2, 0.25) is 5.91 Å². The molecule has 0 aromatic heterocycles. The standard InChI is InChI=1S/C17H22F2N2O.ClH/c1-2-7-21(12-5-6-20-10-12)17(22)14-9-13(14)11-3-4-15(18)16(19)8-11;/h3-4,8,12-14,20H,2,5-7,9-10H2,1H3;1H. The Morgan fingerprint density at radius 1 is 1.35 bits per heavy atom. The van der Waals surface area contributed by atoms with Crippen molar-refractivity contribution < 1.29 is 13.6 Å². The lowest BCUT2D eigenvalue weighted by Crippen LogP contribution is -2.43. The van der Waals surface area contributed by atoms with E-state index in [9.17, 15) is 13.6 Å². The van der Waals surface area contributed by atoms with Gasteiger partial charge in [0.25, 0.3) is 0 Å². The van der Waals surface area contributed by atoms with Gasteiger partial charge in [0.05, 0.1) is 0 Å². The first kappa shape index (κ1) is 18.1. The van der Waals surface area contributed by atoms with Gasteiger partial charge < -0.3 is 10.2 Å². The summed E-state index contributed by atoms with van der Waals surface area (Å²) in [4.78, 5) is 14.7. The number of carbonyl (C=O) groups is 1. The molecule has 23 heavy (non-hydrogen) atoms. The number of hydrogen-bond acceptors (Lipinski definition) is 2. The highest BCUT2D eigenvalue weighted by atomic mass is 35.5. The van der Waals surface area contributed by atoms with Crippen molar-refractivity contribution in [1.29, 1.82) is 0 Å². The third-order valence-corrected chi connectivity index (χ3v) is 4.70. The summed E-state index contributed by atoms with van der Waals surface area (Å²) in [6.45, 7) is 4.65. The average Bonchev–Trinajstić information content (AvgIpc) is 3.13. The van der Waals surface area contributed by atoms with Crippen LogP contribution in [0.4, 0.5) is 8.78 Å². The van der Waals surface area contributed by atoms with E-state index in [4.69, 9.17) is 0 Å². The summed E-state index contributed by atoms with van der Waals surface area (Å²) in [5.74, 6) is -1.53. The van der Waals surface area contributed by atoms with E-state index in [1.165, 1.54) is 6.07 Å². The molecule has 1 aliphatic heterocycles. The third kappa shape index (κ3) is 3.83. The van der Waals surface area contributed by atoms with E-state index in [1.807, 2.05) is 4.90 Å². The van der Waals surface area contributed by atoms with E-state index in [0.717, 1.165) is 50.5 Å². The monoisotopic (exact) mass is 344 g/mol. The van der Waals surface area contributed by atoms with E-state index in [0.29, 0.717) is 0 Å². The van der Waals surface area contributed by atoms with Crippen LogP contribution in [0.5, 0.6) is 0 Å². The first-order chi connectivity index (χ1) is 10.6. The number of amides is 1.